The Kier molecular flexibility index (Phi) is 3.46. The summed E-state index contributed by atoms with van der Waals surface area (Å²) in [5.41, 5.74) is 6.30. The molecule has 1 aliphatic rings. The topological polar surface area (TPSA) is 103 Å². The van der Waals surface area contributed by atoms with Crippen LogP contribution in [0.15, 0.2) is 40.3 Å². The van der Waals surface area contributed by atoms with Gasteiger partial charge in [0.15, 0.2) is 0 Å². The Morgan fingerprint density at radius 3 is 2.38 bits per heavy atom. The van der Waals surface area contributed by atoms with Crippen molar-refractivity contribution in [3.63, 3.8) is 0 Å². The normalized spacial score (nSPS) is 13.4. The number of anilines is 1. The molecule has 0 aliphatic carbocycles. The quantitative estimate of drug-likeness (QED) is 0.427. The first-order valence-electron chi connectivity index (χ1n) is 7.94. The molecule has 0 bridgehead atoms. The SMILES string of the molecule is NCCNc1cc2c(c3c(O)c4ccccc4c(O)c13)=NCCN=2. The van der Waals surface area contributed by atoms with E-state index in [1.807, 2.05) is 18.2 Å². The Labute approximate surface area is 138 Å². The molecule has 1 aliphatic heterocycles. The van der Waals surface area contributed by atoms with Crippen LogP contribution >= 0.6 is 0 Å². The zero-order valence-electron chi connectivity index (χ0n) is 13.1. The van der Waals surface area contributed by atoms with Crippen LogP contribution in [0.1, 0.15) is 0 Å². The molecular weight excluding hydrogens is 304 g/mol. The number of nitrogens with one attached hydrogen (secondary N) is 1. The van der Waals surface area contributed by atoms with E-state index in [1.165, 1.54) is 0 Å². The minimum absolute atomic E-state index is 0.117. The van der Waals surface area contributed by atoms with Gasteiger partial charge in [-0.15, -0.1) is 0 Å². The van der Waals surface area contributed by atoms with Crippen molar-refractivity contribution >= 4 is 27.2 Å². The summed E-state index contributed by atoms with van der Waals surface area (Å²) >= 11 is 0. The van der Waals surface area contributed by atoms with E-state index in [-0.39, 0.29) is 11.5 Å². The van der Waals surface area contributed by atoms with E-state index in [2.05, 4.69) is 15.3 Å². The van der Waals surface area contributed by atoms with Gasteiger partial charge in [0.1, 0.15) is 11.5 Å². The van der Waals surface area contributed by atoms with Gasteiger partial charge in [-0.25, -0.2) is 0 Å². The number of aromatic hydroxyl groups is 2. The largest absolute Gasteiger partial charge is 0.507 e. The Bertz CT molecular complexity index is 1080. The van der Waals surface area contributed by atoms with Crippen LogP contribution in [0, 0.1) is 0 Å². The second-order valence-electron chi connectivity index (χ2n) is 5.76. The summed E-state index contributed by atoms with van der Waals surface area (Å²) in [6.45, 7) is 2.21. The van der Waals surface area contributed by atoms with Crippen LogP contribution in [0.25, 0.3) is 21.5 Å². The van der Waals surface area contributed by atoms with Gasteiger partial charge in [0.2, 0.25) is 0 Å². The first-order chi connectivity index (χ1) is 11.7. The van der Waals surface area contributed by atoms with E-state index < -0.39 is 0 Å². The van der Waals surface area contributed by atoms with Gasteiger partial charge in [0.05, 0.1) is 34.6 Å². The fraction of sp³-hybridized carbons (Fsp3) is 0.222. The molecule has 1 heterocycles. The first-order valence-corrected chi connectivity index (χ1v) is 7.94. The number of hydrogen-bond acceptors (Lipinski definition) is 6. The summed E-state index contributed by atoms with van der Waals surface area (Å²) in [7, 11) is 0. The van der Waals surface area contributed by atoms with Crippen LogP contribution in [0.4, 0.5) is 5.69 Å². The molecule has 0 saturated carbocycles. The van der Waals surface area contributed by atoms with Gasteiger partial charge in [-0.05, 0) is 6.07 Å². The van der Waals surface area contributed by atoms with Crippen molar-refractivity contribution in [2.75, 3.05) is 31.5 Å². The molecule has 0 amide bonds. The van der Waals surface area contributed by atoms with Gasteiger partial charge in [0, 0.05) is 29.5 Å². The maximum absolute atomic E-state index is 10.9. The van der Waals surface area contributed by atoms with Gasteiger partial charge in [-0.1, -0.05) is 24.3 Å². The van der Waals surface area contributed by atoms with Crippen molar-refractivity contribution in [2.24, 2.45) is 15.7 Å². The molecule has 0 unspecified atom stereocenters. The average Bonchev–Trinajstić information content (AvgIpc) is 2.63. The number of nitrogens with two attached hydrogens (primary N) is 1. The molecule has 0 aromatic heterocycles. The van der Waals surface area contributed by atoms with E-state index >= 15 is 0 Å². The van der Waals surface area contributed by atoms with Crippen molar-refractivity contribution in [3.05, 3.63) is 41.0 Å². The number of nitrogens with zero attached hydrogens (tertiary/aromatic N) is 2. The maximum atomic E-state index is 10.9. The third-order valence-electron chi connectivity index (χ3n) is 4.30. The van der Waals surface area contributed by atoms with Crippen molar-refractivity contribution < 1.29 is 10.2 Å². The van der Waals surface area contributed by atoms with E-state index in [1.54, 1.807) is 12.1 Å². The van der Waals surface area contributed by atoms with Crippen LogP contribution < -0.4 is 21.8 Å². The fourth-order valence-electron chi connectivity index (χ4n) is 3.26. The highest BCUT2D eigenvalue weighted by atomic mass is 16.3. The predicted octanol–water partition coefficient (Wildman–Crippen LogP) is 1.03. The van der Waals surface area contributed by atoms with Gasteiger partial charge in [-0.3, -0.25) is 9.98 Å². The minimum atomic E-state index is 0.117. The number of phenolic OH excluding ortho intramolecular Hbond substituents is 2. The zero-order valence-corrected chi connectivity index (χ0v) is 13.1. The van der Waals surface area contributed by atoms with Crippen LogP contribution in [-0.2, 0) is 0 Å². The lowest BCUT2D eigenvalue weighted by Crippen LogP contribution is -2.31. The third kappa shape index (κ3) is 2.07. The Balaban J connectivity index is 2.25. The maximum Gasteiger partial charge on any atom is 0.133 e. The highest BCUT2D eigenvalue weighted by Crippen LogP contribution is 2.42. The molecule has 6 nitrogen and oxygen atoms in total. The molecule has 0 atom stereocenters. The summed E-state index contributed by atoms with van der Waals surface area (Å²) in [5, 5.41) is 28.6. The van der Waals surface area contributed by atoms with Gasteiger partial charge in [-0.2, -0.15) is 0 Å². The molecule has 0 radical (unpaired) electrons. The molecule has 0 fully saturated rings. The summed E-state index contributed by atoms with van der Waals surface area (Å²) in [6.07, 6.45) is 0. The van der Waals surface area contributed by atoms with Crippen LogP contribution in [0.2, 0.25) is 0 Å². The minimum Gasteiger partial charge on any atom is -0.507 e. The average molecular weight is 322 g/mol. The Morgan fingerprint density at radius 1 is 1.00 bits per heavy atom. The predicted molar refractivity (Wildman–Crippen MR) is 94.4 cm³/mol. The zero-order chi connectivity index (χ0) is 16.7. The third-order valence-corrected chi connectivity index (χ3v) is 4.30. The van der Waals surface area contributed by atoms with E-state index in [4.69, 9.17) is 5.73 Å². The molecule has 0 saturated heterocycles. The molecule has 3 aromatic carbocycles. The molecule has 6 heteroatoms. The molecule has 5 N–H and O–H groups in total. The van der Waals surface area contributed by atoms with E-state index in [0.717, 1.165) is 5.36 Å². The van der Waals surface area contributed by atoms with Crippen LogP contribution in [0.5, 0.6) is 11.5 Å². The van der Waals surface area contributed by atoms with Crippen LogP contribution in [0.3, 0.4) is 0 Å². The number of benzene rings is 3. The second kappa shape index (κ2) is 5.65. The molecular formula is C18H18N4O2. The molecule has 24 heavy (non-hydrogen) atoms. The first kappa shape index (κ1) is 14.7. The molecule has 122 valence electrons. The van der Waals surface area contributed by atoms with Gasteiger partial charge < -0.3 is 21.3 Å². The lowest BCUT2D eigenvalue weighted by atomic mass is 9.98. The molecule has 0 spiro atoms. The van der Waals surface area contributed by atoms with Crippen LogP contribution in [-0.4, -0.2) is 36.4 Å². The standard InChI is InChI=1S/C18H18N4O2/c19-5-6-20-12-9-13-16(22-8-7-21-13)15-14(12)17(23)10-3-1-2-4-11(10)18(15)24/h1-4,9,20,23-24H,5-8,19H2. The Morgan fingerprint density at radius 2 is 1.67 bits per heavy atom. The second-order valence-corrected chi connectivity index (χ2v) is 5.76. The fourth-order valence-corrected chi connectivity index (χ4v) is 3.26. The van der Waals surface area contributed by atoms with Crippen molar-refractivity contribution in [1.29, 1.82) is 0 Å². The smallest absolute Gasteiger partial charge is 0.133 e. The van der Waals surface area contributed by atoms with Gasteiger partial charge in [0.25, 0.3) is 0 Å². The van der Waals surface area contributed by atoms with E-state index in [0.29, 0.717) is 58.8 Å². The number of phenols is 2. The summed E-state index contributed by atoms with van der Waals surface area (Å²) in [4.78, 5) is 9.04. The highest BCUT2D eigenvalue weighted by Gasteiger charge is 2.19. The summed E-state index contributed by atoms with van der Waals surface area (Å²) in [6, 6.07) is 9.11. The lowest BCUT2D eigenvalue weighted by molar-refractivity contribution is 0.478. The molecule has 4 rings (SSSR count). The van der Waals surface area contributed by atoms with Gasteiger partial charge >= 0.3 is 0 Å². The summed E-state index contributed by atoms with van der Waals surface area (Å²) < 4.78 is 0. The molecule has 3 aromatic rings. The Hall–Kier alpha value is -2.86. The summed E-state index contributed by atoms with van der Waals surface area (Å²) in [5.74, 6) is 0.244. The number of fused-ring (bicyclic) bond motifs is 4. The van der Waals surface area contributed by atoms with E-state index in [9.17, 15) is 10.2 Å². The van der Waals surface area contributed by atoms with Crippen molar-refractivity contribution in [3.8, 4) is 11.5 Å². The van der Waals surface area contributed by atoms with Crippen molar-refractivity contribution in [2.45, 2.75) is 0 Å². The highest BCUT2D eigenvalue weighted by molar-refractivity contribution is 6.14. The number of hydrogen-bond donors (Lipinski definition) is 4. The number of rotatable bonds is 3. The lowest BCUT2D eigenvalue weighted by Gasteiger charge is -2.16. The monoisotopic (exact) mass is 322 g/mol. The van der Waals surface area contributed by atoms with Crippen molar-refractivity contribution in [1.82, 2.24) is 0 Å².